The summed E-state index contributed by atoms with van der Waals surface area (Å²) >= 11 is 0. The summed E-state index contributed by atoms with van der Waals surface area (Å²) in [6.45, 7) is 6.98. The highest BCUT2D eigenvalue weighted by atomic mass is 15.2. The Morgan fingerprint density at radius 2 is 1.86 bits per heavy atom. The number of hydrogen-bond donors (Lipinski definition) is 1. The molecule has 0 fully saturated rings. The minimum absolute atomic E-state index is 0.754. The third-order valence-corrected chi connectivity index (χ3v) is 2.12. The average molecular weight is 194 g/mol. The van der Waals surface area contributed by atoms with Crippen LogP contribution in [0.15, 0.2) is 0 Å². The van der Waals surface area contributed by atoms with Gasteiger partial charge in [-0.05, 0) is 20.8 Å². The van der Waals surface area contributed by atoms with Crippen molar-refractivity contribution in [2.45, 2.75) is 20.8 Å². The van der Waals surface area contributed by atoms with Crippen molar-refractivity contribution in [3.63, 3.8) is 0 Å². The molecule has 1 aromatic heterocycles. The van der Waals surface area contributed by atoms with Crippen LogP contribution in [0.5, 0.6) is 0 Å². The number of aryl methyl sites for hydroxylation is 1. The summed E-state index contributed by atoms with van der Waals surface area (Å²) in [7, 11) is 3.89. The lowest BCUT2D eigenvalue weighted by atomic mass is 10.2. The molecule has 78 valence electrons. The molecule has 0 aromatic carbocycles. The summed E-state index contributed by atoms with van der Waals surface area (Å²) in [5.41, 5.74) is 2.15. The standard InChI is InChI=1S/C10H18N4/c1-6-11-9-7(2)8(3)12-10(13-9)14(4)5/h6H2,1-5H3,(H,11,12,13). The summed E-state index contributed by atoms with van der Waals surface area (Å²) in [5.74, 6) is 1.69. The Kier molecular flexibility index (Phi) is 3.28. The highest BCUT2D eigenvalue weighted by Gasteiger charge is 2.07. The molecule has 0 aliphatic carbocycles. The van der Waals surface area contributed by atoms with Crippen molar-refractivity contribution in [1.29, 1.82) is 0 Å². The van der Waals surface area contributed by atoms with Gasteiger partial charge in [0.1, 0.15) is 5.82 Å². The van der Waals surface area contributed by atoms with Gasteiger partial charge in [-0.25, -0.2) is 4.98 Å². The van der Waals surface area contributed by atoms with E-state index in [2.05, 4.69) is 22.2 Å². The van der Waals surface area contributed by atoms with Crippen molar-refractivity contribution in [2.24, 2.45) is 0 Å². The molecule has 0 aliphatic rings. The van der Waals surface area contributed by atoms with Crippen LogP contribution in [0.25, 0.3) is 0 Å². The van der Waals surface area contributed by atoms with Gasteiger partial charge in [-0.2, -0.15) is 4.98 Å². The van der Waals surface area contributed by atoms with Gasteiger partial charge in [0.2, 0.25) is 5.95 Å². The quantitative estimate of drug-likeness (QED) is 0.793. The van der Waals surface area contributed by atoms with Gasteiger partial charge in [-0.1, -0.05) is 0 Å². The first kappa shape index (κ1) is 10.8. The third-order valence-electron chi connectivity index (χ3n) is 2.12. The van der Waals surface area contributed by atoms with E-state index < -0.39 is 0 Å². The van der Waals surface area contributed by atoms with E-state index in [9.17, 15) is 0 Å². The van der Waals surface area contributed by atoms with E-state index in [-0.39, 0.29) is 0 Å². The Hall–Kier alpha value is -1.32. The van der Waals surface area contributed by atoms with Crippen molar-refractivity contribution >= 4 is 11.8 Å². The average Bonchev–Trinajstić information content (AvgIpc) is 2.12. The summed E-state index contributed by atoms with van der Waals surface area (Å²) in [5, 5.41) is 3.23. The van der Waals surface area contributed by atoms with Gasteiger partial charge in [0.25, 0.3) is 0 Å². The second kappa shape index (κ2) is 4.26. The maximum absolute atomic E-state index is 4.43. The topological polar surface area (TPSA) is 41.1 Å². The molecule has 0 atom stereocenters. The number of nitrogens with zero attached hydrogens (tertiary/aromatic N) is 3. The number of aromatic nitrogens is 2. The van der Waals surface area contributed by atoms with Gasteiger partial charge in [0.15, 0.2) is 0 Å². The van der Waals surface area contributed by atoms with Crippen LogP contribution in [0.2, 0.25) is 0 Å². The van der Waals surface area contributed by atoms with Crippen molar-refractivity contribution < 1.29 is 0 Å². The number of nitrogens with one attached hydrogen (secondary N) is 1. The molecule has 1 aromatic rings. The molecule has 1 N–H and O–H groups in total. The van der Waals surface area contributed by atoms with Gasteiger partial charge < -0.3 is 10.2 Å². The van der Waals surface area contributed by atoms with Crippen LogP contribution >= 0.6 is 0 Å². The van der Waals surface area contributed by atoms with Gasteiger partial charge in [-0.15, -0.1) is 0 Å². The Morgan fingerprint density at radius 3 is 2.36 bits per heavy atom. The first-order valence-corrected chi connectivity index (χ1v) is 4.82. The molecule has 0 saturated carbocycles. The molecule has 4 heteroatoms. The molecule has 1 heterocycles. The van der Waals surface area contributed by atoms with Crippen LogP contribution < -0.4 is 10.2 Å². The van der Waals surface area contributed by atoms with Crippen LogP contribution in [0.1, 0.15) is 18.2 Å². The number of anilines is 2. The summed E-state index contributed by atoms with van der Waals surface area (Å²) < 4.78 is 0. The number of rotatable bonds is 3. The van der Waals surface area contributed by atoms with Crippen LogP contribution in [0.3, 0.4) is 0 Å². The minimum atomic E-state index is 0.754. The fourth-order valence-electron chi connectivity index (χ4n) is 1.15. The molecule has 4 nitrogen and oxygen atoms in total. The minimum Gasteiger partial charge on any atom is -0.370 e. The lowest BCUT2D eigenvalue weighted by Crippen LogP contribution is -2.15. The van der Waals surface area contributed by atoms with Gasteiger partial charge in [0.05, 0.1) is 0 Å². The zero-order chi connectivity index (χ0) is 10.7. The van der Waals surface area contributed by atoms with E-state index >= 15 is 0 Å². The van der Waals surface area contributed by atoms with E-state index in [1.165, 1.54) is 0 Å². The SMILES string of the molecule is CCNc1nc(N(C)C)nc(C)c1C. The number of hydrogen-bond acceptors (Lipinski definition) is 4. The molecule has 1 rings (SSSR count). The first-order chi connectivity index (χ1) is 6.56. The van der Waals surface area contributed by atoms with Crippen molar-refractivity contribution in [1.82, 2.24) is 9.97 Å². The monoisotopic (exact) mass is 194 g/mol. The van der Waals surface area contributed by atoms with Crippen molar-refractivity contribution in [3.8, 4) is 0 Å². The molecule has 0 radical (unpaired) electrons. The van der Waals surface area contributed by atoms with Crippen LogP contribution in [-0.2, 0) is 0 Å². The largest absolute Gasteiger partial charge is 0.370 e. The van der Waals surface area contributed by atoms with Gasteiger partial charge >= 0.3 is 0 Å². The summed E-state index contributed by atoms with van der Waals surface area (Å²) in [6.07, 6.45) is 0. The Bertz CT molecular complexity index is 320. The van der Waals surface area contributed by atoms with Gasteiger partial charge in [0, 0.05) is 31.9 Å². The highest BCUT2D eigenvalue weighted by Crippen LogP contribution is 2.17. The molecule has 0 amide bonds. The fraction of sp³-hybridized carbons (Fsp3) is 0.600. The molecular weight excluding hydrogens is 176 g/mol. The lowest BCUT2D eigenvalue weighted by molar-refractivity contribution is 0.958. The Labute approximate surface area is 85.4 Å². The lowest BCUT2D eigenvalue weighted by Gasteiger charge is -2.15. The maximum Gasteiger partial charge on any atom is 0.227 e. The van der Waals surface area contributed by atoms with Gasteiger partial charge in [-0.3, -0.25) is 0 Å². The van der Waals surface area contributed by atoms with Crippen molar-refractivity contribution in [3.05, 3.63) is 11.3 Å². The van der Waals surface area contributed by atoms with E-state index in [1.54, 1.807) is 0 Å². The van der Waals surface area contributed by atoms with E-state index in [1.807, 2.05) is 32.8 Å². The fourth-order valence-corrected chi connectivity index (χ4v) is 1.15. The van der Waals surface area contributed by atoms with Crippen LogP contribution in [0.4, 0.5) is 11.8 Å². The Balaban J connectivity index is 3.14. The normalized spacial score (nSPS) is 10.1. The van der Waals surface area contributed by atoms with Crippen LogP contribution in [0, 0.1) is 13.8 Å². The summed E-state index contributed by atoms with van der Waals surface area (Å²) in [6, 6.07) is 0. The van der Waals surface area contributed by atoms with Crippen molar-refractivity contribution in [2.75, 3.05) is 30.9 Å². The molecule has 0 saturated heterocycles. The zero-order valence-corrected chi connectivity index (χ0v) is 9.55. The van der Waals surface area contributed by atoms with E-state index in [4.69, 9.17) is 0 Å². The second-order valence-corrected chi connectivity index (χ2v) is 3.51. The van der Waals surface area contributed by atoms with Crippen LogP contribution in [-0.4, -0.2) is 30.6 Å². The Morgan fingerprint density at radius 1 is 1.21 bits per heavy atom. The molecular formula is C10H18N4. The summed E-state index contributed by atoms with van der Waals surface area (Å²) in [4.78, 5) is 10.7. The molecule has 0 aliphatic heterocycles. The predicted molar refractivity (Wildman–Crippen MR) is 60.0 cm³/mol. The predicted octanol–water partition coefficient (Wildman–Crippen LogP) is 1.59. The molecule has 0 bridgehead atoms. The third kappa shape index (κ3) is 2.13. The maximum atomic E-state index is 4.43. The molecule has 14 heavy (non-hydrogen) atoms. The molecule has 0 unspecified atom stereocenters. The zero-order valence-electron chi connectivity index (χ0n) is 9.55. The molecule has 0 spiro atoms. The highest BCUT2D eigenvalue weighted by molar-refractivity contribution is 5.49. The smallest absolute Gasteiger partial charge is 0.227 e. The second-order valence-electron chi connectivity index (χ2n) is 3.51. The first-order valence-electron chi connectivity index (χ1n) is 4.82. The van der Waals surface area contributed by atoms with E-state index in [0.717, 1.165) is 29.6 Å². The van der Waals surface area contributed by atoms with E-state index in [0.29, 0.717) is 0 Å².